The first-order chi connectivity index (χ1) is 11.6. The third-order valence-corrected chi connectivity index (χ3v) is 3.93. The quantitative estimate of drug-likeness (QED) is 0.562. The number of nitrogens with zero attached hydrogens (tertiary/aromatic N) is 1. The van der Waals surface area contributed by atoms with Gasteiger partial charge in [-0.25, -0.2) is 0 Å². The van der Waals surface area contributed by atoms with Crippen LogP contribution in [0.1, 0.15) is 36.6 Å². The van der Waals surface area contributed by atoms with Gasteiger partial charge in [0.15, 0.2) is 5.96 Å². The molecule has 0 heterocycles. The van der Waals surface area contributed by atoms with E-state index in [1.165, 1.54) is 11.1 Å². The summed E-state index contributed by atoms with van der Waals surface area (Å²) in [5.74, 6) is 1.11. The number of rotatable bonds is 6. The van der Waals surface area contributed by atoms with Crippen LogP contribution in [-0.2, 0) is 6.42 Å². The van der Waals surface area contributed by atoms with E-state index in [4.69, 9.17) is 0 Å². The minimum atomic E-state index is 0.185. The van der Waals surface area contributed by atoms with Crippen LogP contribution in [0.5, 0.6) is 5.75 Å². The van der Waals surface area contributed by atoms with Gasteiger partial charge < -0.3 is 15.7 Å². The molecule has 24 heavy (non-hydrogen) atoms. The molecule has 0 saturated carbocycles. The van der Waals surface area contributed by atoms with Gasteiger partial charge in [0.05, 0.1) is 6.04 Å². The van der Waals surface area contributed by atoms with Crippen molar-refractivity contribution in [2.75, 3.05) is 13.1 Å². The zero-order valence-corrected chi connectivity index (χ0v) is 14.7. The summed E-state index contributed by atoms with van der Waals surface area (Å²) in [5.41, 5.74) is 3.63. The molecule has 0 bridgehead atoms. The number of aromatic hydroxyl groups is 1. The molecule has 0 radical (unpaired) electrons. The van der Waals surface area contributed by atoms with Gasteiger partial charge in [-0.1, -0.05) is 36.4 Å². The Morgan fingerprint density at radius 1 is 1.17 bits per heavy atom. The highest BCUT2D eigenvalue weighted by Gasteiger charge is 2.09. The zero-order chi connectivity index (χ0) is 17.4. The van der Waals surface area contributed by atoms with E-state index >= 15 is 0 Å². The van der Waals surface area contributed by atoms with E-state index in [-0.39, 0.29) is 6.04 Å². The molecule has 0 amide bonds. The van der Waals surface area contributed by atoms with E-state index in [1.54, 1.807) is 12.1 Å². The highest BCUT2D eigenvalue weighted by Crippen LogP contribution is 2.16. The molecule has 4 nitrogen and oxygen atoms in total. The molecule has 0 saturated heterocycles. The molecule has 3 N–H and O–H groups in total. The Morgan fingerprint density at radius 3 is 2.67 bits per heavy atom. The molecule has 0 fully saturated rings. The number of aryl methyl sites for hydroxylation is 1. The number of hydrogen-bond donors (Lipinski definition) is 3. The lowest BCUT2D eigenvalue weighted by Crippen LogP contribution is -2.39. The molecule has 4 heteroatoms. The van der Waals surface area contributed by atoms with Gasteiger partial charge in [-0.15, -0.1) is 0 Å². The number of aliphatic imine (C=N–C) groups is 1. The fraction of sp³-hybridized carbons (Fsp3) is 0.350. The summed E-state index contributed by atoms with van der Waals surface area (Å²) < 4.78 is 0. The molecule has 2 aromatic carbocycles. The highest BCUT2D eigenvalue weighted by molar-refractivity contribution is 5.80. The van der Waals surface area contributed by atoms with Crippen molar-refractivity contribution >= 4 is 5.96 Å². The third-order valence-electron chi connectivity index (χ3n) is 3.93. The maximum absolute atomic E-state index is 9.52. The molecule has 1 unspecified atom stereocenters. The van der Waals surface area contributed by atoms with Crippen molar-refractivity contribution in [3.8, 4) is 5.75 Å². The average molecular weight is 325 g/mol. The number of guanidine groups is 1. The lowest BCUT2D eigenvalue weighted by Gasteiger charge is -2.19. The normalized spacial score (nSPS) is 12.7. The van der Waals surface area contributed by atoms with Gasteiger partial charge in [0.1, 0.15) is 5.75 Å². The number of benzene rings is 2. The SMILES string of the molecule is CCNC(=NCCc1cccc(O)c1)NC(C)c1ccccc1C. The molecule has 0 aromatic heterocycles. The van der Waals surface area contributed by atoms with Gasteiger partial charge >= 0.3 is 0 Å². The van der Waals surface area contributed by atoms with Gasteiger partial charge in [-0.2, -0.15) is 0 Å². The second-order valence-corrected chi connectivity index (χ2v) is 5.90. The number of nitrogens with one attached hydrogen (secondary N) is 2. The molecule has 1 atom stereocenters. The zero-order valence-electron chi connectivity index (χ0n) is 14.7. The molecule has 2 rings (SSSR count). The van der Waals surface area contributed by atoms with Gasteiger partial charge in [-0.05, 0) is 56.0 Å². The molecule has 128 valence electrons. The number of phenols is 1. The smallest absolute Gasteiger partial charge is 0.191 e. The van der Waals surface area contributed by atoms with Crippen LogP contribution in [-0.4, -0.2) is 24.2 Å². The topological polar surface area (TPSA) is 56.7 Å². The fourth-order valence-electron chi connectivity index (χ4n) is 2.68. The molecule has 0 aliphatic carbocycles. The average Bonchev–Trinajstić information content (AvgIpc) is 2.55. The Labute approximate surface area is 144 Å². The monoisotopic (exact) mass is 325 g/mol. The summed E-state index contributed by atoms with van der Waals surface area (Å²) in [6, 6.07) is 15.9. The van der Waals surface area contributed by atoms with Crippen LogP contribution < -0.4 is 10.6 Å². The van der Waals surface area contributed by atoms with Crippen LogP contribution in [0.15, 0.2) is 53.5 Å². The maximum atomic E-state index is 9.52. The summed E-state index contributed by atoms with van der Waals surface area (Å²) >= 11 is 0. The lowest BCUT2D eigenvalue weighted by atomic mass is 10.0. The van der Waals surface area contributed by atoms with Crippen LogP contribution >= 0.6 is 0 Å². The van der Waals surface area contributed by atoms with Crippen molar-refractivity contribution in [1.29, 1.82) is 0 Å². The van der Waals surface area contributed by atoms with E-state index in [2.05, 4.69) is 60.7 Å². The number of phenolic OH excluding ortho intramolecular Hbond substituents is 1. The number of hydrogen-bond acceptors (Lipinski definition) is 2. The minimum absolute atomic E-state index is 0.185. The van der Waals surface area contributed by atoms with Gasteiger partial charge in [0.25, 0.3) is 0 Å². The first kappa shape index (κ1) is 17.9. The van der Waals surface area contributed by atoms with Crippen molar-refractivity contribution in [2.24, 2.45) is 4.99 Å². The van der Waals surface area contributed by atoms with E-state index in [9.17, 15) is 5.11 Å². The van der Waals surface area contributed by atoms with Crippen molar-refractivity contribution in [3.05, 3.63) is 65.2 Å². The van der Waals surface area contributed by atoms with Crippen LogP contribution in [0.25, 0.3) is 0 Å². The first-order valence-electron chi connectivity index (χ1n) is 8.48. The Morgan fingerprint density at radius 2 is 1.96 bits per heavy atom. The van der Waals surface area contributed by atoms with E-state index in [1.807, 2.05) is 12.1 Å². The highest BCUT2D eigenvalue weighted by atomic mass is 16.3. The largest absolute Gasteiger partial charge is 0.508 e. The van der Waals surface area contributed by atoms with Crippen molar-refractivity contribution in [3.63, 3.8) is 0 Å². The Hall–Kier alpha value is -2.49. The second kappa shape index (κ2) is 8.96. The van der Waals surface area contributed by atoms with Crippen molar-refractivity contribution in [1.82, 2.24) is 10.6 Å². The minimum Gasteiger partial charge on any atom is -0.508 e. The predicted octanol–water partition coefficient (Wildman–Crippen LogP) is 3.56. The summed E-state index contributed by atoms with van der Waals surface area (Å²) in [6.45, 7) is 7.81. The standard InChI is InChI=1S/C20H27N3O/c1-4-21-20(22-13-12-17-9-7-10-18(24)14-17)23-16(3)19-11-6-5-8-15(19)2/h5-11,14,16,24H,4,12-13H2,1-3H3,(H2,21,22,23). The summed E-state index contributed by atoms with van der Waals surface area (Å²) in [5, 5.41) is 16.3. The molecule has 0 aliphatic rings. The van der Waals surface area contributed by atoms with Crippen LogP contribution in [0.2, 0.25) is 0 Å². The Balaban J connectivity index is 1.99. The fourth-order valence-corrected chi connectivity index (χ4v) is 2.68. The van der Waals surface area contributed by atoms with Gasteiger partial charge in [0.2, 0.25) is 0 Å². The van der Waals surface area contributed by atoms with Crippen molar-refractivity contribution < 1.29 is 5.11 Å². The molecule has 0 spiro atoms. The van der Waals surface area contributed by atoms with Crippen LogP contribution in [0.3, 0.4) is 0 Å². The molecule has 0 aliphatic heterocycles. The summed E-state index contributed by atoms with van der Waals surface area (Å²) in [4.78, 5) is 4.65. The Bertz CT molecular complexity index is 682. The molecule has 2 aromatic rings. The molecular weight excluding hydrogens is 298 g/mol. The van der Waals surface area contributed by atoms with Crippen molar-refractivity contribution in [2.45, 2.75) is 33.2 Å². The van der Waals surface area contributed by atoms with E-state index in [0.717, 1.165) is 24.5 Å². The van der Waals surface area contributed by atoms with Crippen LogP contribution in [0, 0.1) is 6.92 Å². The van der Waals surface area contributed by atoms with E-state index < -0.39 is 0 Å². The summed E-state index contributed by atoms with van der Waals surface area (Å²) in [6.07, 6.45) is 0.795. The van der Waals surface area contributed by atoms with Gasteiger partial charge in [0, 0.05) is 13.1 Å². The third kappa shape index (κ3) is 5.30. The van der Waals surface area contributed by atoms with Gasteiger partial charge in [-0.3, -0.25) is 4.99 Å². The molecular formula is C20H27N3O. The van der Waals surface area contributed by atoms with E-state index in [0.29, 0.717) is 12.3 Å². The maximum Gasteiger partial charge on any atom is 0.191 e. The summed E-state index contributed by atoms with van der Waals surface area (Å²) in [7, 11) is 0. The van der Waals surface area contributed by atoms with Crippen LogP contribution in [0.4, 0.5) is 0 Å². The lowest BCUT2D eigenvalue weighted by molar-refractivity contribution is 0.474. The Kier molecular flexibility index (Phi) is 6.67. The predicted molar refractivity (Wildman–Crippen MR) is 101 cm³/mol. The first-order valence-corrected chi connectivity index (χ1v) is 8.48. The second-order valence-electron chi connectivity index (χ2n) is 5.90.